The third-order valence-electron chi connectivity index (χ3n) is 5.08. The molecule has 1 N–H and O–H groups in total. The smallest absolute Gasteiger partial charge is 0.387 e. The van der Waals surface area contributed by atoms with E-state index in [1.165, 1.54) is 7.11 Å². The van der Waals surface area contributed by atoms with Gasteiger partial charge in [-0.2, -0.15) is 13.9 Å². The van der Waals surface area contributed by atoms with Crippen LogP contribution in [0.15, 0.2) is 18.2 Å². The van der Waals surface area contributed by atoms with Crippen molar-refractivity contribution in [2.24, 2.45) is 7.05 Å². The second-order valence-electron chi connectivity index (χ2n) is 7.53. The Labute approximate surface area is 175 Å². The molecule has 1 aromatic heterocycles. The molecule has 1 fully saturated rings. The van der Waals surface area contributed by atoms with Gasteiger partial charge in [-0.15, -0.1) is 0 Å². The summed E-state index contributed by atoms with van der Waals surface area (Å²) in [6.07, 6.45) is 0. The second kappa shape index (κ2) is 10.1. The minimum absolute atomic E-state index is 0.0325. The fourth-order valence-corrected chi connectivity index (χ4v) is 3.73. The number of hydrogen-bond acceptors (Lipinski definition) is 6. The third kappa shape index (κ3) is 5.20. The minimum atomic E-state index is -2.90. The zero-order valence-electron chi connectivity index (χ0n) is 18.0. The monoisotopic (exact) mass is 424 g/mol. The Morgan fingerprint density at radius 3 is 2.53 bits per heavy atom. The first kappa shape index (κ1) is 22.3. The molecule has 0 amide bonds. The highest BCUT2D eigenvalue weighted by atomic mass is 19.3. The number of alkyl halides is 2. The van der Waals surface area contributed by atoms with E-state index in [2.05, 4.69) is 28.8 Å². The second-order valence-corrected chi connectivity index (χ2v) is 7.53. The Bertz CT molecular complexity index is 836. The number of hydrogen-bond donors (Lipinski definition) is 1. The predicted octanol–water partition coefficient (Wildman–Crippen LogP) is 3.28. The normalized spacial score (nSPS) is 14.6. The molecule has 30 heavy (non-hydrogen) atoms. The highest BCUT2D eigenvalue weighted by Crippen LogP contribution is 2.31. The van der Waals surface area contributed by atoms with E-state index < -0.39 is 6.61 Å². The quantitative estimate of drug-likeness (QED) is 0.667. The molecule has 1 saturated heterocycles. The van der Waals surface area contributed by atoms with Crippen LogP contribution in [0, 0.1) is 0 Å². The third-order valence-corrected chi connectivity index (χ3v) is 5.08. The average molecular weight is 424 g/mol. The molecule has 2 aromatic rings. The van der Waals surface area contributed by atoms with Crippen LogP contribution < -0.4 is 19.7 Å². The van der Waals surface area contributed by atoms with Gasteiger partial charge in [0.05, 0.1) is 26.0 Å². The maximum Gasteiger partial charge on any atom is 0.387 e. The van der Waals surface area contributed by atoms with Crippen molar-refractivity contribution >= 4 is 5.82 Å². The van der Waals surface area contributed by atoms with Crippen molar-refractivity contribution in [3.8, 4) is 11.5 Å². The molecule has 3 rings (SSSR count). The topological polar surface area (TPSA) is 60.8 Å². The summed E-state index contributed by atoms with van der Waals surface area (Å²) >= 11 is 0. The summed E-state index contributed by atoms with van der Waals surface area (Å²) < 4.78 is 42.4. The van der Waals surface area contributed by atoms with Gasteiger partial charge in [-0.05, 0) is 23.6 Å². The molecule has 1 aliphatic rings. The molecule has 1 aromatic carbocycles. The molecule has 0 saturated carbocycles. The Morgan fingerprint density at radius 2 is 1.90 bits per heavy atom. The minimum Gasteiger partial charge on any atom is -0.493 e. The SMILES string of the molecule is COc1ccc(CNCc2c(C(C)C)nn(C)c2N2CCOCC2)cc1OC(F)F. The summed E-state index contributed by atoms with van der Waals surface area (Å²) in [5.41, 5.74) is 3.05. The van der Waals surface area contributed by atoms with Gasteiger partial charge in [0.15, 0.2) is 11.5 Å². The van der Waals surface area contributed by atoms with E-state index in [0.717, 1.165) is 35.7 Å². The Hall–Kier alpha value is -2.39. The number of rotatable bonds is 9. The first-order chi connectivity index (χ1) is 14.4. The fraction of sp³-hybridized carbons (Fsp3) is 0.571. The van der Waals surface area contributed by atoms with E-state index in [-0.39, 0.29) is 17.4 Å². The number of halogens is 2. The van der Waals surface area contributed by atoms with Crippen molar-refractivity contribution in [3.05, 3.63) is 35.0 Å². The van der Waals surface area contributed by atoms with Crippen LogP contribution in [0.3, 0.4) is 0 Å². The van der Waals surface area contributed by atoms with Gasteiger partial charge in [0, 0.05) is 38.8 Å². The summed E-state index contributed by atoms with van der Waals surface area (Å²) in [6.45, 7) is 5.54. The standard InChI is InChI=1S/C21H30F2N4O3/c1-14(2)19-16(20(26(3)25-19)27-7-9-29-10-8-27)13-24-12-15-5-6-17(28-4)18(11-15)30-21(22)23/h5-6,11,14,21,24H,7-10,12-13H2,1-4H3. The van der Waals surface area contributed by atoms with Crippen molar-refractivity contribution in [2.45, 2.75) is 39.5 Å². The van der Waals surface area contributed by atoms with Gasteiger partial charge in [-0.3, -0.25) is 4.68 Å². The van der Waals surface area contributed by atoms with Crippen LogP contribution in [-0.2, 0) is 24.9 Å². The zero-order chi connectivity index (χ0) is 21.7. The van der Waals surface area contributed by atoms with Crippen LogP contribution in [0.1, 0.15) is 36.6 Å². The average Bonchev–Trinajstić information content (AvgIpc) is 3.05. The van der Waals surface area contributed by atoms with Gasteiger partial charge < -0.3 is 24.4 Å². The lowest BCUT2D eigenvalue weighted by atomic mass is 10.0. The van der Waals surface area contributed by atoms with Gasteiger partial charge in [-0.1, -0.05) is 19.9 Å². The van der Waals surface area contributed by atoms with E-state index in [0.29, 0.717) is 26.3 Å². The number of nitrogens with zero attached hydrogens (tertiary/aromatic N) is 3. The van der Waals surface area contributed by atoms with E-state index in [1.54, 1.807) is 12.1 Å². The molecule has 0 spiro atoms. The van der Waals surface area contributed by atoms with Crippen LogP contribution in [-0.4, -0.2) is 49.8 Å². The summed E-state index contributed by atoms with van der Waals surface area (Å²) in [7, 11) is 3.40. The number of methoxy groups -OCH3 is 1. The van der Waals surface area contributed by atoms with Crippen LogP contribution in [0.2, 0.25) is 0 Å². The number of morpholine rings is 1. The first-order valence-electron chi connectivity index (χ1n) is 10.1. The number of nitrogens with one attached hydrogen (secondary N) is 1. The number of aromatic nitrogens is 2. The number of aryl methyl sites for hydroxylation is 1. The van der Waals surface area contributed by atoms with Gasteiger partial charge in [0.25, 0.3) is 0 Å². The zero-order valence-corrected chi connectivity index (χ0v) is 18.0. The van der Waals surface area contributed by atoms with Crippen molar-refractivity contribution in [3.63, 3.8) is 0 Å². The molecular weight excluding hydrogens is 394 g/mol. The predicted molar refractivity (Wildman–Crippen MR) is 110 cm³/mol. The maximum absolute atomic E-state index is 12.7. The van der Waals surface area contributed by atoms with Crippen LogP contribution >= 0.6 is 0 Å². The van der Waals surface area contributed by atoms with E-state index in [1.807, 2.05) is 17.8 Å². The van der Waals surface area contributed by atoms with Crippen LogP contribution in [0.4, 0.5) is 14.6 Å². The van der Waals surface area contributed by atoms with Crippen molar-refractivity contribution < 1.29 is 23.0 Å². The van der Waals surface area contributed by atoms with Gasteiger partial charge in [0.1, 0.15) is 5.82 Å². The largest absolute Gasteiger partial charge is 0.493 e. The lowest BCUT2D eigenvalue weighted by Gasteiger charge is -2.29. The molecule has 2 heterocycles. The number of benzene rings is 1. The van der Waals surface area contributed by atoms with E-state index in [4.69, 9.17) is 14.6 Å². The Morgan fingerprint density at radius 1 is 1.17 bits per heavy atom. The van der Waals surface area contributed by atoms with Gasteiger partial charge in [-0.25, -0.2) is 0 Å². The molecule has 9 heteroatoms. The summed E-state index contributed by atoms with van der Waals surface area (Å²) in [4.78, 5) is 2.31. The summed E-state index contributed by atoms with van der Waals surface area (Å²) in [5.74, 6) is 1.70. The number of ether oxygens (including phenoxy) is 3. The molecule has 0 radical (unpaired) electrons. The lowest BCUT2D eigenvalue weighted by molar-refractivity contribution is -0.0512. The van der Waals surface area contributed by atoms with Crippen molar-refractivity contribution in [1.29, 1.82) is 0 Å². The molecule has 7 nitrogen and oxygen atoms in total. The molecule has 166 valence electrons. The van der Waals surface area contributed by atoms with Crippen LogP contribution in [0.25, 0.3) is 0 Å². The first-order valence-corrected chi connectivity index (χ1v) is 10.1. The molecular formula is C21H30F2N4O3. The molecule has 0 aliphatic carbocycles. The fourth-order valence-electron chi connectivity index (χ4n) is 3.73. The highest BCUT2D eigenvalue weighted by Gasteiger charge is 2.24. The van der Waals surface area contributed by atoms with Gasteiger partial charge in [0.2, 0.25) is 0 Å². The lowest BCUT2D eigenvalue weighted by Crippen LogP contribution is -2.38. The van der Waals surface area contributed by atoms with E-state index >= 15 is 0 Å². The Balaban J connectivity index is 1.75. The summed E-state index contributed by atoms with van der Waals surface area (Å²) in [5, 5.41) is 8.18. The Kier molecular flexibility index (Phi) is 7.49. The van der Waals surface area contributed by atoms with E-state index in [9.17, 15) is 8.78 Å². The molecule has 0 atom stereocenters. The van der Waals surface area contributed by atoms with Crippen LogP contribution in [0.5, 0.6) is 11.5 Å². The van der Waals surface area contributed by atoms with Crippen molar-refractivity contribution in [2.75, 3.05) is 38.3 Å². The number of anilines is 1. The highest BCUT2D eigenvalue weighted by molar-refractivity contribution is 5.51. The maximum atomic E-state index is 12.7. The summed E-state index contributed by atoms with van der Waals surface area (Å²) in [6, 6.07) is 5.05. The van der Waals surface area contributed by atoms with Gasteiger partial charge >= 0.3 is 6.61 Å². The van der Waals surface area contributed by atoms with Crippen molar-refractivity contribution in [1.82, 2.24) is 15.1 Å². The molecule has 0 bridgehead atoms. The molecule has 1 aliphatic heterocycles. The molecule has 0 unspecified atom stereocenters.